The van der Waals surface area contributed by atoms with E-state index in [9.17, 15) is 21.6 Å². The molecule has 41 heavy (non-hydrogen) atoms. The van der Waals surface area contributed by atoms with Crippen molar-refractivity contribution in [2.24, 2.45) is 0 Å². The Morgan fingerprint density at radius 1 is 0.854 bits per heavy atom. The zero-order valence-corrected chi connectivity index (χ0v) is 23.9. The van der Waals surface area contributed by atoms with Gasteiger partial charge in [0.05, 0.1) is 15.5 Å². The highest BCUT2D eigenvalue weighted by molar-refractivity contribution is 7.93. The number of nitrogens with zero attached hydrogens (tertiary/aromatic N) is 3. The normalized spacial score (nSPS) is 13.3. The number of hydrogen-bond donors (Lipinski definition) is 2. The largest absolute Gasteiger partial charge is 0.323 e. The molecule has 5 rings (SSSR count). The second-order valence-corrected chi connectivity index (χ2v) is 13.0. The van der Waals surface area contributed by atoms with Crippen LogP contribution in [0.1, 0.15) is 22.5 Å². The highest BCUT2D eigenvalue weighted by Gasteiger charge is 2.30. The number of hydrogen-bond acceptors (Lipinski definition) is 7. The van der Waals surface area contributed by atoms with Crippen molar-refractivity contribution < 1.29 is 21.6 Å². The van der Waals surface area contributed by atoms with Gasteiger partial charge in [-0.15, -0.1) is 0 Å². The highest BCUT2D eigenvalue weighted by atomic mass is 32.2. The smallest absolute Gasteiger partial charge is 0.264 e. The number of fused-ring (bicyclic) bond motifs is 1. The number of aryl methyl sites for hydroxylation is 2. The first kappa shape index (κ1) is 28.0. The lowest BCUT2D eigenvalue weighted by Gasteiger charge is -2.19. The number of benzene rings is 3. The van der Waals surface area contributed by atoms with Gasteiger partial charge in [-0.3, -0.25) is 9.10 Å². The lowest BCUT2D eigenvalue weighted by molar-refractivity contribution is -0.111. The summed E-state index contributed by atoms with van der Waals surface area (Å²) in [7, 11) is -7.62. The van der Waals surface area contributed by atoms with E-state index in [1.54, 1.807) is 44.2 Å². The summed E-state index contributed by atoms with van der Waals surface area (Å²) in [5, 5.41) is 2.67. The lowest BCUT2D eigenvalue weighted by atomic mass is 10.2. The van der Waals surface area contributed by atoms with Gasteiger partial charge >= 0.3 is 0 Å². The Balaban J connectivity index is 1.20. The molecule has 0 bridgehead atoms. The van der Waals surface area contributed by atoms with Crippen LogP contribution in [0.15, 0.2) is 94.7 Å². The van der Waals surface area contributed by atoms with Crippen molar-refractivity contribution in [3.63, 3.8) is 0 Å². The van der Waals surface area contributed by atoms with Crippen molar-refractivity contribution in [1.29, 1.82) is 0 Å². The zero-order valence-electron chi connectivity index (χ0n) is 22.3. The third-order valence-electron chi connectivity index (χ3n) is 6.38. The SMILES string of the molecule is Cc1cc(C)nc(NS(=O)(=O)c2ccc(NC(=O)/C=C/c3ccc(S(=O)(=O)N4CCc5ccccc54)cc3)cc2)n1. The van der Waals surface area contributed by atoms with Crippen molar-refractivity contribution in [2.75, 3.05) is 20.9 Å². The van der Waals surface area contributed by atoms with Crippen molar-refractivity contribution in [3.05, 3.63) is 107 Å². The number of carbonyl (C=O) groups excluding carboxylic acids is 1. The molecule has 0 spiro atoms. The van der Waals surface area contributed by atoms with Crippen molar-refractivity contribution in [3.8, 4) is 0 Å². The molecule has 0 radical (unpaired) electrons. The van der Waals surface area contributed by atoms with Crippen LogP contribution >= 0.6 is 0 Å². The molecule has 0 aliphatic carbocycles. The van der Waals surface area contributed by atoms with E-state index >= 15 is 0 Å². The molecule has 1 aliphatic heterocycles. The molecule has 2 heterocycles. The maximum Gasteiger partial charge on any atom is 0.264 e. The van der Waals surface area contributed by atoms with E-state index in [-0.39, 0.29) is 15.7 Å². The van der Waals surface area contributed by atoms with E-state index in [1.165, 1.54) is 46.8 Å². The third-order valence-corrected chi connectivity index (χ3v) is 9.55. The average Bonchev–Trinajstić information content (AvgIpc) is 3.37. The number of para-hydroxylation sites is 1. The second kappa shape index (κ2) is 11.1. The molecule has 4 aromatic rings. The summed E-state index contributed by atoms with van der Waals surface area (Å²) in [4.78, 5) is 20.8. The van der Waals surface area contributed by atoms with Crippen LogP contribution in [0.4, 0.5) is 17.3 Å². The van der Waals surface area contributed by atoms with Gasteiger partial charge in [0.25, 0.3) is 20.0 Å². The summed E-state index contributed by atoms with van der Waals surface area (Å²) >= 11 is 0. The minimum absolute atomic E-state index is 0.0127. The van der Waals surface area contributed by atoms with Crippen LogP contribution in [0.5, 0.6) is 0 Å². The first-order valence-electron chi connectivity index (χ1n) is 12.7. The molecule has 1 aliphatic rings. The predicted octanol–water partition coefficient (Wildman–Crippen LogP) is 4.30. The first-order valence-corrected chi connectivity index (χ1v) is 15.6. The number of rotatable bonds is 8. The summed E-state index contributed by atoms with van der Waals surface area (Å²) < 4.78 is 55.5. The van der Waals surface area contributed by atoms with Crippen LogP contribution in [-0.2, 0) is 31.3 Å². The van der Waals surface area contributed by atoms with Gasteiger partial charge in [0.15, 0.2) is 0 Å². The summed E-state index contributed by atoms with van der Waals surface area (Å²) in [6.07, 6.45) is 3.54. The van der Waals surface area contributed by atoms with Gasteiger partial charge in [-0.25, -0.2) is 31.5 Å². The standard InChI is InChI=1S/C29H27N5O5S2/c1-20-19-21(2)31-29(30-20)33-40(36,37)25-14-10-24(11-15-25)32-28(35)16-9-22-7-12-26(13-8-22)41(38,39)34-18-17-23-5-3-4-6-27(23)34/h3-16,19H,17-18H2,1-2H3,(H,32,35)(H,30,31,33)/b16-9+. The lowest BCUT2D eigenvalue weighted by Crippen LogP contribution is -2.29. The molecule has 12 heteroatoms. The Labute approximate surface area is 238 Å². The monoisotopic (exact) mass is 589 g/mol. The van der Waals surface area contributed by atoms with Crippen LogP contribution in [0.25, 0.3) is 6.08 Å². The zero-order chi connectivity index (χ0) is 29.2. The van der Waals surface area contributed by atoms with E-state index in [2.05, 4.69) is 20.0 Å². The van der Waals surface area contributed by atoms with Crippen LogP contribution in [-0.4, -0.2) is 39.3 Å². The Hall–Kier alpha value is -4.55. The van der Waals surface area contributed by atoms with Crippen molar-refractivity contribution in [2.45, 2.75) is 30.1 Å². The fourth-order valence-electron chi connectivity index (χ4n) is 4.46. The van der Waals surface area contributed by atoms with Gasteiger partial charge in [0.2, 0.25) is 11.9 Å². The number of sulfonamides is 2. The van der Waals surface area contributed by atoms with Crippen molar-refractivity contribution >= 4 is 49.4 Å². The van der Waals surface area contributed by atoms with Crippen LogP contribution in [0.2, 0.25) is 0 Å². The number of nitrogens with one attached hydrogen (secondary N) is 2. The molecule has 3 aromatic carbocycles. The molecule has 0 fully saturated rings. The topological polar surface area (TPSA) is 138 Å². The Morgan fingerprint density at radius 3 is 2.17 bits per heavy atom. The Morgan fingerprint density at radius 2 is 1.49 bits per heavy atom. The molecule has 2 N–H and O–H groups in total. The fourth-order valence-corrected chi connectivity index (χ4v) is 6.91. The summed E-state index contributed by atoms with van der Waals surface area (Å²) in [6.45, 7) is 3.88. The maximum atomic E-state index is 13.2. The molecular formula is C29H27N5O5S2. The van der Waals surface area contributed by atoms with E-state index in [4.69, 9.17) is 0 Å². The molecule has 0 saturated heterocycles. The number of aromatic nitrogens is 2. The van der Waals surface area contributed by atoms with Gasteiger partial charge in [-0.2, -0.15) is 0 Å². The van der Waals surface area contributed by atoms with Crippen LogP contribution in [0, 0.1) is 13.8 Å². The average molecular weight is 590 g/mol. The molecule has 1 aromatic heterocycles. The summed E-state index contributed by atoms with van der Waals surface area (Å²) in [6, 6.07) is 21.2. The van der Waals surface area contributed by atoms with Gasteiger partial charge in [-0.05, 0) is 86.0 Å². The molecule has 1 amide bonds. The van der Waals surface area contributed by atoms with Crippen LogP contribution in [0.3, 0.4) is 0 Å². The molecule has 210 valence electrons. The Bertz CT molecular complexity index is 1830. The van der Waals surface area contributed by atoms with Gasteiger partial charge in [-0.1, -0.05) is 30.3 Å². The molecular weight excluding hydrogens is 562 g/mol. The number of anilines is 3. The van der Waals surface area contributed by atoms with E-state index in [1.807, 2.05) is 18.2 Å². The minimum atomic E-state index is -3.92. The summed E-state index contributed by atoms with van der Waals surface area (Å²) in [5.41, 5.74) is 4.01. The van der Waals surface area contributed by atoms with Gasteiger partial charge in [0.1, 0.15) is 0 Å². The van der Waals surface area contributed by atoms with Gasteiger partial charge in [0, 0.05) is 29.7 Å². The molecule has 0 saturated carbocycles. The first-order chi connectivity index (χ1) is 19.5. The second-order valence-electron chi connectivity index (χ2n) is 9.45. The van der Waals surface area contributed by atoms with E-state index < -0.39 is 26.0 Å². The third kappa shape index (κ3) is 6.28. The molecule has 0 atom stereocenters. The maximum absolute atomic E-state index is 13.2. The van der Waals surface area contributed by atoms with E-state index in [0.29, 0.717) is 41.3 Å². The predicted molar refractivity (Wildman–Crippen MR) is 158 cm³/mol. The Kier molecular flexibility index (Phi) is 7.61. The quantitative estimate of drug-likeness (QED) is 0.292. The fraction of sp³-hybridized carbons (Fsp3) is 0.138. The molecule has 0 unspecified atom stereocenters. The van der Waals surface area contributed by atoms with Crippen LogP contribution < -0.4 is 14.3 Å². The summed E-state index contributed by atoms with van der Waals surface area (Å²) in [5.74, 6) is -0.454. The van der Waals surface area contributed by atoms with Gasteiger partial charge < -0.3 is 5.32 Å². The number of carbonyl (C=O) groups is 1. The van der Waals surface area contributed by atoms with E-state index in [0.717, 1.165) is 5.56 Å². The number of amides is 1. The van der Waals surface area contributed by atoms with Crippen molar-refractivity contribution in [1.82, 2.24) is 9.97 Å². The minimum Gasteiger partial charge on any atom is -0.323 e. The molecule has 10 nitrogen and oxygen atoms in total. The highest BCUT2D eigenvalue weighted by Crippen LogP contribution is 2.32.